The Balaban J connectivity index is 0.863. The van der Waals surface area contributed by atoms with Crippen LogP contribution in [0.2, 0.25) is 0 Å². The number of carbonyl (C=O) groups excluding carboxylic acids is 1. The summed E-state index contributed by atoms with van der Waals surface area (Å²) >= 11 is 0. The summed E-state index contributed by atoms with van der Waals surface area (Å²) in [7, 11) is 0. The Morgan fingerprint density at radius 2 is 1.37 bits per heavy atom. The highest BCUT2D eigenvalue weighted by Gasteiger charge is 2.41. The van der Waals surface area contributed by atoms with Crippen LogP contribution in [-0.4, -0.2) is 109 Å². The van der Waals surface area contributed by atoms with Gasteiger partial charge in [-0.15, -0.1) is 0 Å². The van der Waals surface area contributed by atoms with Gasteiger partial charge in [-0.2, -0.15) is 8.78 Å². The number of ether oxygens (including phenoxy) is 4. The number of likely N-dealkylation sites (tertiary alicyclic amines) is 2. The molecule has 0 saturated carbocycles. The molecule has 13 heteroatoms. The van der Waals surface area contributed by atoms with E-state index in [4.69, 9.17) is 24.7 Å². The molecule has 2 fully saturated rings. The first kappa shape index (κ1) is 39.3. The third-order valence-corrected chi connectivity index (χ3v) is 11.6. The zero-order chi connectivity index (χ0) is 39.5. The Hall–Kier alpha value is -4.53. The summed E-state index contributed by atoms with van der Waals surface area (Å²) in [5.41, 5.74) is 9.25. The van der Waals surface area contributed by atoms with Crippen molar-refractivity contribution in [2.24, 2.45) is 5.73 Å². The average molecular weight is 787 g/mol. The number of nitrogens with two attached hydrogens (primary N) is 1. The first-order valence-electron chi connectivity index (χ1n) is 20.2. The van der Waals surface area contributed by atoms with Crippen LogP contribution in [0, 0.1) is 0 Å². The second-order valence-corrected chi connectivity index (χ2v) is 15.9. The van der Waals surface area contributed by atoms with E-state index in [9.17, 15) is 15.0 Å². The third-order valence-electron chi connectivity index (χ3n) is 11.6. The van der Waals surface area contributed by atoms with E-state index in [0.29, 0.717) is 78.9 Å². The summed E-state index contributed by atoms with van der Waals surface area (Å²) in [4.78, 5) is 17.4. The van der Waals surface area contributed by atoms with Gasteiger partial charge in [0, 0.05) is 25.6 Å². The number of amides is 1. The standard InChI is InChI=1S/C44H52F2N4O7/c45-44(46,43(53)48-36(26-50-17-2-18-50)42(52)32-9-11-37-39(23-32)55-20-19-54-37)14-13-29-4-7-30-6-3-28(21-33(30)22-29)5-10-34-27-56-38-12-8-31(24-40(38)57-34)41(51)35(47)25-49-15-1-16-49/h3-4,6-9,11-12,21-24,34-36,41-42,51-52H,1-2,5,10,13-20,25-27,47H2,(H,48,53)/t34?,35-,36-,41-,42-/m1/s1. The lowest BCUT2D eigenvalue weighted by Gasteiger charge is -2.36. The molecule has 0 radical (unpaired) electrons. The molecule has 304 valence electrons. The van der Waals surface area contributed by atoms with Gasteiger partial charge in [-0.1, -0.05) is 48.5 Å². The van der Waals surface area contributed by atoms with E-state index < -0.39 is 42.5 Å². The van der Waals surface area contributed by atoms with Crippen molar-refractivity contribution < 1.29 is 42.7 Å². The minimum absolute atomic E-state index is 0.00536. The lowest BCUT2D eigenvalue weighted by Crippen LogP contribution is -2.54. The van der Waals surface area contributed by atoms with E-state index in [2.05, 4.69) is 22.3 Å². The number of halogens is 2. The predicted molar refractivity (Wildman–Crippen MR) is 211 cm³/mol. The number of fused-ring (bicyclic) bond motifs is 3. The summed E-state index contributed by atoms with van der Waals surface area (Å²) in [5, 5.41) is 26.6. The van der Waals surface area contributed by atoms with Crippen molar-refractivity contribution in [1.82, 2.24) is 15.1 Å². The fourth-order valence-electron chi connectivity index (χ4n) is 7.88. The zero-order valence-electron chi connectivity index (χ0n) is 32.1. The molecule has 4 aromatic carbocycles. The number of alkyl halides is 2. The minimum atomic E-state index is -3.66. The van der Waals surface area contributed by atoms with E-state index in [1.54, 1.807) is 18.2 Å². The van der Waals surface area contributed by atoms with E-state index >= 15 is 8.78 Å². The molecule has 5 N–H and O–H groups in total. The molecule has 4 aromatic rings. The SMILES string of the molecule is N[C@H](CN1CCC1)[C@H](O)c1ccc2c(c1)OC(CCc1ccc3ccc(CCC(F)(F)C(=O)N[C@H](CN4CCC4)[C@H](O)c4ccc5c(c4)OCCO5)cc3c1)CO2. The zero-order valence-corrected chi connectivity index (χ0v) is 32.1. The van der Waals surface area contributed by atoms with Crippen LogP contribution < -0.4 is 30.0 Å². The highest BCUT2D eigenvalue weighted by molar-refractivity contribution is 5.85. The summed E-state index contributed by atoms with van der Waals surface area (Å²) in [6.07, 6.45) is 0.636. The predicted octanol–water partition coefficient (Wildman–Crippen LogP) is 4.94. The van der Waals surface area contributed by atoms with Crippen LogP contribution in [0.3, 0.4) is 0 Å². The molecule has 1 amide bonds. The molecule has 11 nitrogen and oxygen atoms in total. The van der Waals surface area contributed by atoms with Gasteiger partial charge in [0.1, 0.15) is 32.0 Å². The van der Waals surface area contributed by atoms with Crippen molar-refractivity contribution >= 4 is 16.7 Å². The molecule has 0 aliphatic carbocycles. The molecule has 4 aliphatic heterocycles. The van der Waals surface area contributed by atoms with Gasteiger partial charge in [-0.25, -0.2) is 0 Å². The van der Waals surface area contributed by atoms with E-state index in [1.165, 1.54) is 0 Å². The molecule has 0 spiro atoms. The normalized spacial score (nSPS) is 20.2. The van der Waals surface area contributed by atoms with Crippen molar-refractivity contribution in [2.75, 3.05) is 59.1 Å². The van der Waals surface area contributed by atoms with Gasteiger partial charge in [-0.05, 0) is 116 Å². The number of aliphatic hydroxyl groups excluding tert-OH is 2. The van der Waals surface area contributed by atoms with Crippen LogP contribution in [0.1, 0.15) is 60.1 Å². The number of hydrogen-bond donors (Lipinski definition) is 4. The first-order valence-corrected chi connectivity index (χ1v) is 20.2. The number of carbonyl (C=O) groups is 1. The van der Waals surface area contributed by atoms with Crippen molar-refractivity contribution in [2.45, 2.75) is 74.8 Å². The maximum atomic E-state index is 15.5. The summed E-state index contributed by atoms with van der Waals surface area (Å²) in [6.45, 7) is 5.67. The maximum absolute atomic E-state index is 15.5. The largest absolute Gasteiger partial charge is 0.486 e. The van der Waals surface area contributed by atoms with Crippen LogP contribution >= 0.6 is 0 Å². The second-order valence-electron chi connectivity index (χ2n) is 15.9. The molecule has 1 unspecified atom stereocenters. The van der Waals surface area contributed by atoms with Crippen molar-refractivity contribution in [3.05, 3.63) is 95.1 Å². The monoisotopic (exact) mass is 786 g/mol. The van der Waals surface area contributed by atoms with Gasteiger partial charge < -0.3 is 50.0 Å². The summed E-state index contributed by atoms with van der Waals surface area (Å²) in [6, 6.07) is 20.9. The number of hydrogen-bond acceptors (Lipinski definition) is 10. The summed E-state index contributed by atoms with van der Waals surface area (Å²) < 4.78 is 54.6. The average Bonchev–Trinajstić information content (AvgIpc) is 3.20. The first-order chi connectivity index (χ1) is 27.6. The topological polar surface area (TPSA) is 139 Å². The minimum Gasteiger partial charge on any atom is -0.486 e. The van der Waals surface area contributed by atoms with Gasteiger partial charge >= 0.3 is 5.92 Å². The Labute approximate surface area is 331 Å². The Morgan fingerprint density at radius 3 is 2.05 bits per heavy atom. The quantitative estimate of drug-likeness (QED) is 0.124. The molecule has 0 aromatic heterocycles. The highest BCUT2D eigenvalue weighted by Crippen LogP contribution is 2.37. The molecule has 8 rings (SSSR count). The van der Waals surface area contributed by atoms with E-state index in [1.807, 2.05) is 47.4 Å². The van der Waals surface area contributed by atoms with Gasteiger partial charge in [0.2, 0.25) is 0 Å². The van der Waals surface area contributed by atoms with Crippen LogP contribution in [0.5, 0.6) is 23.0 Å². The molecule has 2 saturated heterocycles. The Morgan fingerprint density at radius 1 is 0.754 bits per heavy atom. The number of nitrogens with one attached hydrogen (secondary N) is 1. The van der Waals surface area contributed by atoms with Gasteiger partial charge in [0.15, 0.2) is 23.0 Å². The van der Waals surface area contributed by atoms with Crippen LogP contribution in [0.25, 0.3) is 10.8 Å². The third kappa shape index (κ3) is 9.29. The molecule has 4 heterocycles. The van der Waals surface area contributed by atoms with E-state index in [0.717, 1.165) is 55.4 Å². The van der Waals surface area contributed by atoms with Gasteiger partial charge in [-0.3, -0.25) is 4.79 Å². The summed E-state index contributed by atoms with van der Waals surface area (Å²) in [5.74, 6) is -2.79. The van der Waals surface area contributed by atoms with Crippen molar-refractivity contribution in [3.63, 3.8) is 0 Å². The molecule has 0 bridgehead atoms. The van der Waals surface area contributed by atoms with Crippen molar-refractivity contribution in [1.29, 1.82) is 0 Å². The fraction of sp³-hybridized carbons (Fsp3) is 0.477. The maximum Gasteiger partial charge on any atom is 0.324 e. The molecule has 57 heavy (non-hydrogen) atoms. The number of aryl methyl sites for hydroxylation is 2. The molecular weight excluding hydrogens is 735 g/mol. The van der Waals surface area contributed by atoms with Crippen LogP contribution in [0.4, 0.5) is 8.78 Å². The number of aliphatic hydroxyl groups is 2. The fourth-order valence-corrected chi connectivity index (χ4v) is 7.88. The van der Waals surface area contributed by atoms with Gasteiger partial charge in [0.05, 0.1) is 12.1 Å². The van der Waals surface area contributed by atoms with Crippen molar-refractivity contribution in [3.8, 4) is 23.0 Å². The number of benzene rings is 4. The van der Waals surface area contributed by atoms with Gasteiger partial charge in [0.25, 0.3) is 5.91 Å². The Bertz CT molecular complexity index is 2040. The lowest BCUT2D eigenvalue weighted by atomic mass is 9.97. The Kier molecular flexibility index (Phi) is 11.8. The van der Waals surface area contributed by atoms with E-state index in [-0.39, 0.29) is 19.1 Å². The second kappa shape index (κ2) is 17.1. The lowest BCUT2D eigenvalue weighted by molar-refractivity contribution is -0.148. The molecular formula is C44H52F2N4O7. The van der Waals surface area contributed by atoms with Crippen LogP contribution in [0.15, 0.2) is 72.8 Å². The van der Waals surface area contributed by atoms with Crippen LogP contribution in [-0.2, 0) is 17.6 Å². The smallest absolute Gasteiger partial charge is 0.324 e. The highest BCUT2D eigenvalue weighted by atomic mass is 19.3. The molecule has 5 atom stereocenters. The number of rotatable bonds is 16. The molecule has 4 aliphatic rings. The number of nitrogens with zero attached hydrogens (tertiary/aromatic N) is 2.